The van der Waals surface area contributed by atoms with Gasteiger partial charge in [0.25, 0.3) is 0 Å². The van der Waals surface area contributed by atoms with Gasteiger partial charge in [0, 0.05) is 45.3 Å². The lowest BCUT2D eigenvalue weighted by Gasteiger charge is -2.35. The molecule has 1 amide bonds. The highest BCUT2D eigenvalue weighted by Gasteiger charge is 2.27. The average Bonchev–Trinajstić information content (AvgIpc) is 3.15. The third-order valence-corrected chi connectivity index (χ3v) is 6.55. The van der Waals surface area contributed by atoms with Crippen molar-refractivity contribution in [3.05, 3.63) is 66.2 Å². The Morgan fingerprint density at radius 3 is 2.27 bits per heavy atom. The van der Waals surface area contributed by atoms with Crippen LogP contribution in [-0.4, -0.2) is 61.9 Å². The van der Waals surface area contributed by atoms with Crippen LogP contribution in [0.2, 0.25) is 0 Å². The summed E-state index contributed by atoms with van der Waals surface area (Å²) in [6.07, 6.45) is 0. The van der Waals surface area contributed by atoms with E-state index in [4.69, 9.17) is 0 Å². The van der Waals surface area contributed by atoms with Gasteiger partial charge in [0.1, 0.15) is 0 Å². The molecular formula is C23H27N5OS. The molecule has 4 rings (SSSR count). The maximum absolute atomic E-state index is 13.0. The molecular weight excluding hydrogens is 394 g/mol. The zero-order valence-electron chi connectivity index (χ0n) is 17.4. The molecule has 2 aromatic carbocycles. The molecule has 0 spiro atoms. The van der Waals surface area contributed by atoms with Crippen molar-refractivity contribution in [2.75, 3.05) is 26.2 Å². The topological polar surface area (TPSA) is 54.3 Å². The molecule has 1 unspecified atom stereocenters. The molecule has 1 atom stereocenters. The summed E-state index contributed by atoms with van der Waals surface area (Å²) in [5.41, 5.74) is 2.34. The Hall–Kier alpha value is -2.64. The average molecular weight is 422 g/mol. The number of thioether (sulfide) groups is 1. The van der Waals surface area contributed by atoms with Crippen molar-refractivity contribution in [2.45, 2.75) is 23.9 Å². The molecule has 1 aromatic heterocycles. The van der Waals surface area contributed by atoms with Crippen LogP contribution in [0.4, 0.5) is 0 Å². The number of nitrogens with zero attached hydrogens (tertiary/aromatic N) is 5. The van der Waals surface area contributed by atoms with Crippen molar-refractivity contribution >= 4 is 17.7 Å². The van der Waals surface area contributed by atoms with E-state index in [0.717, 1.165) is 49.3 Å². The van der Waals surface area contributed by atoms with E-state index in [1.54, 1.807) is 0 Å². The lowest BCUT2D eigenvalue weighted by atomic mass is 10.2. The van der Waals surface area contributed by atoms with Crippen LogP contribution >= 0.6 is 11.8 Å². The van der Waals surface area contributed by atoms with Gasteiger partial charge in [-0.05, 0) is 12.5 Å². The van der Waals surface area contributed by atoms with Gasteiger partial charge in [-0.25, -0.2) is 0 Å². The molecule has 1 aliphatic heterocycles. The second kappa shape index (κ2) is 9.45. The normalized spacial score (nSPS) is 15.9. The van der Waals surface area contributed by atoms with E-state index in [0.29, 0.717) is 0 Å². The highest BCUT2D eigenvalue weighted by molar-refractivity contribution is 8.00. The smallest absolute Gasteiger partial charge is 0.235 e. The minimum atomic E-state index is -0.197. The molecule has 156 valence electrons. The summed E-state index contributed by atoms with van der Waals surface area (Å²) in [6.45, 7) is 6.24. The number of amides is 1. The zero-order chi connectivity index (χ0) is 20.9. The van der Waals surface area contributed by atoms with E-state index in [2.05, 4.69) is 39.4 Å². The third kappa shape index (κ3) is 4.74. The summed E-state index contributed by atoms with van der Waals surface area (Å²) in [5, 5.41) is 9.20. The summed E-state index contributed by atoms with van der Waals surface area (Å²) in [5.74, 6) is 0.982. The van der Waals surface area contributed by atoms with E-state index >= 15 is 0 Å². The van der Waals surface area contributed by atoms with E-state index < -0.39 is 0 Å². The summed E-state index contributed by atoms with van der Waals surface area (Å²) >= 11 is 1.48. The Morgan fingerprint density at radius 1 is 0.967 bits per heavy atom. The van der Waals surface area contributed by atoms with Crippen molar-refractivity contribution in [1.82, 2.24) is 24.6 Å². The van der Waals surface area contributed by atoms with Crippen LogP contribution < -0.4 is 0 Å². The standard InChI is InChI=1S/C23H27N5OS/c1-18(30-23-25-24-21(26(23)2)20-11-7-4-8-12-20)22(29)28-15-13-27(14-16-28)17-19-9-5-3-6-10-19/h3-12,18H,13-17H2,1-2H3. The van der Waals surface area contributed by atoms with Gasteiger partial charge in [-0.3, -0.25) is 9.69 Å². The molecule has 3 aromatic rings. The van der Waals surface area contributed by atoms with Crippen LogP contribution in [0.15, 0.2) is 65.8 Å². The van der Waals surface area contributed by atoms with Gasteiger partial charge in [0.05, 0.1) is 5.25 Å². The molecule has 2 heterocycles. The molecule has 0 bridgehead atoms. The van der Waals surface area contributed by atoms with Gasteiger partial charge in [0.2, 0.25) is 5.91 Å². The Morgan fingerprint density at radius 2 is 1.60 bits per heavy atom. The maximum Gasteiger partial charge on any atom is 0.235 e. The predicted octanol–water partition coefficient (Wildman–Crippen LogP) is 3.31. The van der Waals surface area contributed by atoms with Gasteiger partial charge in [0.15, 0.2) is 11.0 Å². The fourth-order valence-electron chi connectivity index (χ4n) is 3.69. The van der Waals surface area contributed by atoms with E-state index in [1.165, 1.54) is 17.3 Å². The van der Waals surface area contributed by atoms with Gasteiger partial charge >= 0.3 is 0 Å². The molecule has 0 N–H and O–H groups in total. The Labute approximate surface area is 181 Å². The first-order chi connectivity index (χ1) is 14.6. The number of aromatic nitrogens is 3. The highest BCUT2D eigenvalue weighted by atomic mass is 32.2. The molecule has 0 aliphatic carbocycles. The van der Waals surface area contributed by atoms with Gasteiger partial charge in [-0.1, -0.05) is 72.4 Å². The minimum absolute atomic E-state index is 0.170. The molecule has 1 fully saturated rings. The van der Waals surface area contributed by atoms with Gasteiger partial charge in [-0.2, -0.15) is 0 Å². The quantitative estimate of drug-likeness (QED) is 0.572. The van der Waals surface area contributed by atoms with E-state index in [9.17, 15) is 4.79 Å². The lowest BCUT2D eigenvalue weighted by molar-refractivity contribution is -0.132. The Bertz CT molecular complexity index is 968. The third-order valence-electron chi connectivity index (χ3n) is 5.43. The fraction of sp³-hybridized carbons (Fsp3) is 0.348. The van der Waals surface area contributed by atoms with Crippen LogP contribution in [0.25, 0.3) is 11.4 Å². The second-order valence-corrected chi connectivity index (χ2v) is 8.89. The molecule has 1 saturated heterocycles. The highest BCUT2D eigenvalue weighted by Crippen LogP contribution is 2.26. The molecule has 30 heavy (non-hydrogen) atoms. The number of piperazine rings is 1. The Balaban J connectivity index is 1.32. The molecule has 7 heteroatoms. The second-order valence-electron chi connectivity index (χ2n) is 7.58. The van der Waals surface area contributed by atoms with Crippen LogP contribution in [0.5, 0.6) is 0 Å². The van der Waals surface area contributed by atoms with Crippen LogP contribution in [-0.2, 0) is 18.4 Å². The van der Waals surface area contributed by atoms with Crippen molar-refractivity contribution in [2.24, 2.45) is 7.05 Å². The van der Waals surface area contributed by atoms with Crippen molar-refractivity contribution < 1.29 is 4.79 Å². The number of carbonyl (C=O) groups is 1. The van der Waals surface area contributed by atoms with Crippen molar-refractivity contribution in [3.63, 3.8) is 0 Å². The lowest BCUT2D eigenvalue weighted by Crippen LogP contribution is -2.50. The summed E-state index contributed by atoms with van der Waals surface area (Å²) in [6, 6.07) is 20.5. The molecule has 0 radical (unpaired) electrons. The SMILES string of the molecule is CC(Sc1nnc(-c2ccccc2)n1C)C(=O)N1CCN(Cc2ccccc2)CC1. The summed E-state index contributed by atoms with van der Waals surface area (Å²) < 4.78 is 1.96. The number of benzene rings is 2. The van der Waals surface area contributed by atoms with Crippen molar-refractivity contribution in [1.29, 1.82) is 0 Å². The number of hydrogen-bond donors (Lipinski definition) is 0. The fourth-order valence-corrected chi connectivity index (χ4v) is 4.59. The summed E-state index contributed by atoms with van der Waals surface area (Å²) in [4.78, 5) is 17.4. The Kier molecular flexibility index (Phi) is 6.50. The first-order valence-electron chi connectivity index (χ1n) is 10.3. The summed E-state index contributed by atoms with van der Waals surface area (Å²) in [7, 11) is 1.95. The molecule has 1 aliphatic rings. The number of hydrogen-bond acceptors (Lipinski definition) is 5. The van der Waals surface area contributed by atoms with Gasteiger partial charge in [-0.15, -0.1) is 10.2 Å². The minimum Gasteiger partial charge on any atom is -0.339 e. The van der Waals surface area contributed by atoms with Crippen LogP contribution in [0.3, 0.4) is 0 Å². The van der Waals surface area contributed by atoms with Crippen LogP contribution in [0, 0.1) is 0 Å². The zero-order valence-corrected chi connectivity index (χ0v) is 18.3. The first-order valence-corrected chi connectivity index (χ1v) is 11.2. The monoisotopic (exact) mass is 421 g/mol. The van der Waals surface area contributed by atoms with E-state index in [-0.39, 0.29) is 11.2 Å². The number of carbonyl (C=O) groups excluding carboxylic acids is 1. The van der Waals surface area contributed by atoms with Gasteiger partial charge < -0.3 is 9.47 Å². The van der Waals surface area contributed by atoms with Crippen molar-refractivity contribution in [3.8, 4) is 11.4 Å². The largest absolute Gasteiger partial charge is 0.339 e. The van der Waals surface area contributed by atoms with Crippen LogP contribution in [0.1, 0.15) is 12.5 Å². The number of rotatable bonds is 6. The predicted molar refractivity (Wildman–Crippen MR) is 120 cm³/mol. The molecule has 6 nitrogen and oxygen atoms in total. The van der Waals surface area contributed by atoms with E-state index in [1.807, 2.05) is 59.8 Å². The molecule has 0 saturated carbocycles. The maximum atomic E-state index is 13.0. The first kappa shape index (κ1) is 20.6.